The van der Waals surface area contributed by atoms with Gasteiger partial charge in [-0.05, 0) is 48.6 Å². The smallest absolute Gasteiger partial charge is 0.240 e. The highest BCUT2D eigenvalue weighted by Crippen LogP contribution is 2.59. The van der Waals surface area contributed by atoms with E-state index in [4.69, 9.17) is 10.7 Å². The molecule has 4 unspecified atom stereocenters. The van der Waals surface area contributed by atoms with Crippen molar-refractivity contribution >= 4 is 12.1 Å². The zero-order valence-corrected chi connectivity index (χ0v) is 18.6. The number of carbonyl (C=O) groups is 1. The van der Waals surface area contributed by atoms with Crippen LogP contribution in [0.3, 0.4) is 0 Å². The standard InChI is InChI=1S/C27H33N3O/c1-19(2)18-30-26(14-20-9-5-3-6-10-20,15-21-11-7-4-8-12-21)23-13-22-16-27(30,25(28)31)24(23)29-17-22/h3-12,17,19,22-24H,13-16,18H2,1-2H3,(H2,28,31). The topological polar surface area (TPSA) is 58.7 Å². The van der Waals surface area contributed by atoms with Crippen LogP contribution in [-0.4, -0.2) is 40.7 Å². The van der Waals surface area contributed by atoms with E-state index < -0.39 is 5.54 Å². The number of carbonyl (C=O) groups excluding carboxylic acids is 1. The fraction of sp³-hybridized carbons (Fsp3) is 0.481. The van der Waals surface area contributed by atoms with Gasteiger partial charge >= 0.3 is 0 Å². The van der Waals surface area contributed by atoms with Crippen LogP contribution in [-0.2, 0) is 17.6 Å². The van der Waals surface area contributed by atoms with E-state index in [1.165, 1.54) is 11.1 Å². The maximum absolute atomic E-state index is 13.2. The summed E-state index contributed by atoms with van der Waals surface area (Å²) in [6.07, 6.45) is 5.83. The molecule has 4 bridgehead atoms. The van der Waals surface area contributed by atoms with E-state index in [1.54, 1.807) is 0 Å². The lowest BCUT2D eigenvalue weighted by molar-refractivity contribution is -0.133. The molecule has 2 N–H and O–H groups in total. The molecule has 31 heavy (non-hydrogen) atoms. The van der Waals surface area contributed by atoms with Crippen molar-refractivity contribution < 1.29 is 4.79 Å². The van der Waals surface area contributed by atoms with Gasteiger partial charge in [0.25, 0.3) is 0 Å². The first-order valence-corrected chi connectivity index (χ1v) is 11.6. The van der Waals surface area contributed by atoms with Crippen molar-refractivity contribution in [2.45, 2.75) is 56.7 Å². The van der Waals surface area contributed by atoms with Crippen LogP contribution in [0.15, 0.2) is 65.7 Å². The minimum atomic E-state index is -0.670. The first kappa shape index (κ1) is 20.4. The summed E-state index contributed by atoms with van der Waals surface area (Å²) in [4.78, 5) is 20.7. The minimum absolute atomic E-state index is 0.0406. The quantitative estimate of drug-likeness (QED) is 0.746. The zero-order valence-electron chi connectivity index (χ0n) is 18.6. The maximum atomic E-state index is 13.2. The van der Waals surface area contributed by atoms with Crippen molar-refractivity contribution in [3.63, 3.8) is 0 Å². The molecule has 2 aromatic carbocycles. The molecule has 3 heterocycles. The van der Waals surface area contributed by atoms with Gasteiger partial charge in [0.1, 0.15) is 5.54 Å². The third-order valence-corrected chi connectivity index (χ3v) is 7.85. The van der Waals surface area contributed by atoms with E-state index >= 15 is 0 Å². The highest BCUT2D eigenvalue weighted by Gasteiger charge is 2.72. The summed E-state index contributed by atoms with van der Waals surface area (Å²) in [6.45, 7) is 5.35. The van der Waals surface area contributed by atoms with E-state index in [2.05, 4.69) is 85.6 Å². The molecule has 1 aliphatic carbocycles. The molecular weight excluding hydrogens is 382 g/mol. The molecule has 2 fully saturated rings. The number of rotatable bonds is 7. The molecule has 0 aromatic heterocycles. The van der Waals surface area contributed by atoms with Crippen LogP contribution in [0.1, 0.15) is 37.8 Å². The average Bonchev–Trinajstić information content (AvgIpc) is 2.92. The van der Waals surface area contributed by atoms with Crippen LogP contribution in [0.25, 0.3) is 0 Å². The normalized spacial score (nSPS) is 30.7. The second kappa shape index (κ2) is 7.59. The zero-order chi connectivity index (χ0) is 21.6. The van der Waals surface area contributed by atoms with Crippen molar-refractivity contribution in [1.29, 1.82) is 0 Å². The van der Waals surface area contributed by atoms with Gasteiger partial charge in [0.05, 0.1) is 6.04 Å². The Bertz CT molecular complexity index is 929. The molecule has 0 radical (unpaired) electrons. The SMILES string of the molecule is CC(C)CN1C(Cc2ccccc2)(Cc2ccccc2)C2CC3C=NC2C1(C(N)=O)C3. The van der Waals surface area contributed by atoms with Crippen molar-refractivity contribution in [2.24, 2.45) is 28.5 Å². The molecule has 4 heteroatoms. The van der Waals surface area contributed by atoms with Crippen LogP contribution in [0, 0.1) is 17.8 Å². The van der Waals surface area contributed by atoms with Gasteiger partial charge in [-0.1, -0.05) is 74.5 Å². The number of benzene rings is 2. The first-order chi connectivity index (χ1) is 15.0. The van der Waals surface area contributed by atoms with Gasteiger partial charge in [0, 0.05) is 24.2 Å². The predicted octanol–water partition coefficient (Wildman–Crippen LogP) is 3.89. The fourth-order valence-electron chi connectivity index (χ4n) is 6.83. The summed E-state index contributed by atoms with van der Waals surface area (Å²) in [5.41, 5.74) is 8.03. The molecule has 2 aromatic rings. The maximum Gasteiger partial charge on any atom is 0.240 e. The Labute approximate surface area is 185 Å². The Balaban J connectivity index is 1.70. The molecule has 1 saturated heterocycles. The van der Waals surface area contributed by atoms with E-state index in [1.807, 2.05) is 0 Å². The van der Waals surface area contributed by atoms with E-state index in [0.29, 0.717) is 17.8 Å². The number of primary amides is 1. The highest BCUT2D eigenvalue weighted by atomic mass is 16.2. The van der Waals surface area contributed by atoms with Gasteiger partial charge in [0.15, 0.2) is 0 Å². The largest absolute Gasteiger partial charge is 0.368 e. The number of nitrogens with two attached hydrogens (primary N) is 1. The summed E-state index contributed by atoms with van der Waals surface area (Å²) >= 11 is 0. The lowest BCUT2D eigenvalue weighted by Gasteiger charge is -2.48. The number of nitrogens with zero attached hydrogens (tertiary/aromatic N) is 2. The van der Waals surface area contributed by atoms with Crippen molar-refractivity contribution in [3.05, 3.63) is 71.8 Å². The van der Waals surface area contributed by atoms with Crippen molar-refractivity contribution in [2.75, 3.05) is 6.54 Å². The van der Waals surface area contributed by atoms with E-state index in [0.717, 1.165) is 32.2 Å². The van der Waals surface area contributed by atoms with Gasteiger partial charge in [-0.3, -0.25) is 14.7 Å². The summed E-state index contributed by atoms with van der Waals surface area (Å²) in [5.74, 6) is 0.908. The van der Waals surface area contributed by atoms with Gasteiger partial charge in [-0.25, -0.2) is 0 Å². The Kier molecular flexibility index (Phi) is 5.01. The molecule has 6 rings (SSSR count). The molecule has 0 spiro atoms. The molecule has 3 aliphatic heterocycles. The molecule has 1 saturated carbocycles. The molecule has 4 atom stereocenters. The van der Waals surface area contributed by atoms with Gasteiger partial charge < -0.3 is 5.73 Å². The summed E-state index contributed by atoms with van der Waals surface area (Å²) in [5, 5.41) is 0. The van der Waals surface area contributed by atoms with Crippen molar-refractivity contribution in [1.82, 2.24) is 4.90 Å². The van der Waals surface area contributed by atoms with Crippen LogP contribution in [0.2, 0.25) is 0 Å². The molecule has 162 valence electrons. The van der Waals surface area contributed by atoms with E-state index in [-0.39, 0.29) is 17.5 Å². The first-order valence-electron chi connectivity index (χ1n) is 11.6. The minimum Gasteiger partial charge on any atom is -0.368 e. The third-order valence-electron chi connectivity index (χ3n) is 7.85. The second-order valence-corrected chi connectivity index (χ2v) is 10.3. The van der Waals surface area contributed by atoms with E-state index in [9.17, 15) is 4.79 Å². The highest BCUT2D eigenvalue weighted by molar-refractivity contribution is 5.89. The fourth-order valence-corrected chi connectivity index (χ4v) is 6.83. The Morgan fingerprint density at radius 2 is 1.65 bits per heavy atom. The summed E-state index contributed by atoms with van der Waals surface area (Å²) in [6, 6.07) is 21.5. The van der Waals surface area contributed by atoms with Crippen LogP contribution in [0.4, 0.5) is 0 Å². The lowest BCUT2D eigenvalue weighted by Crippen LogP contribution is -2.65. The van der Waals surface area contributed by atoms with Gasteiger partial charge in [-0.2, -0.15) is 0 Å². The van der Waals surface area contributed by atoms with Crippen LogP contribution < -0.4 is 5.73 Å². The molecule has 1 amide bonds. The number of hydrogen-bond donors (Lipinski definition) is 1. The Morgan fingerprint density at radius 1 is 1.06 bits per heavy atom. The number of aliphatic imine (C=N–C) groups is 1. The van der Waals surface area contributed by atoms with Gasteiger partial charge in [0.2, 0.25) is 5.91 Å². The Hall–Kier alpha value is -2.46. The summed E-state index contributed by atoms with van der Waals surface area (Å²) < 4.78 is 0. The summed E-state index contributed by atoms with van der Waals surface area (Å²) in [7, 11) is 0. The molecule has 4 nitrogen and oxygen atoms in total. The predicted molar refractivity (Wildman–Crippen MR) is 125 cm³/mol. The molecule has 4 aliphatic rings. The van der Waals surface area contributed by atoms with Crippen molar-refractivity contribution in [3.8, 4) is 0 Å². The third kappa shape index (κ3) is 3.15. The van der Waals surface area contributed by atoms with Crippen LogP contribution >= 0.6 is 0 Å². The number of amides is 1. The lowest BCUT2D eigenvalue weighted by atomic mass is 9.63. The average molecular weight is 416 g/mol. The second-order valence-electron chi connectivity index (χ2n) is 10.3. The number of hydrogen-bond acceptors (Lipinski definition) is 3. The Morgan fingerprint density at radius 3 is 2.13 bits per heavy atom. The monoisotopic (exact) mass is 415 g/mol. The number of likely N-dealkylation sites (tertiary alicyclic amines) is 1. The molecular formula is C27H33N3O. The van der Waals surface area contributed by atoms with Crippen LogP contribution in [0.5, 0.6) is 0 Å². The van der Waals surface area contributed by atoms with Gasteiger partial charge in [-0.15, -0.1) is 0 Å².